The first kappa shape index (κ1) is 19.7. The second-order valence-electron chi connectivity index (χ2n) is 6.36. The van der Waals surface area contributed by atoms with Crippen LogP contribution in [0.4, 0.5) is 5.88 Å². The summed E-state index contributed by atoms with van der Waals surface area (Å²) in [5, 5.41) is 5.22. The number of rotatable bonds is 6. The molecule has 3 aromatic rings. The van der Waals surface area contributed by atoms with Gasteiger partial charge in [0.1, 0.15) is 15.6 Å². The minimum absolute atomic E-state index is 0.0215. The van der Waals surface area contributed by atoms with Gasteiger partial charge in [-0.1, -0.05) is 16.8 Å². The van der Waals surface area contributed by atoms with Gasteiger partial charge in [-0.2, -0.15) is 0 Å². The molecule has 0 saturated carbocycles. The van der Waals surface area contributed by atoms with Crippen LogP contribution < -0.4 is 14.2 Å². The summed E-state index contributed by atoms with van der Waals surface area (Å²) >= 11 is 7.03. The first-order valence-corrected chi connectivity index (χ1v) is 11.1. The number of halogens is 1. The van der Waals surface area contributed by atoms with E-state index in [2.05, 4.69) is 9.88 Å². The molecule has 0 saturated heterocycles. The average molecular weight is 461 g/mol. The summed E-state index contributed by atoms with van der Waals surface area (Å²) in [6.45, 7) is 3.57. The van der Waals surface area contributed by atoms with Gasteiger partial charge in [-0.15, -0.1) is 11.3 Å². The van der Waals surface area contributed by atoms with Crippen LogP contribution in [0, 0.1) is 13.8 Å². The number of thiophene rings is 1. The highest BCUT2D eigenvalue weighted by molar-refractivity contribution is 7.93. The summed E-state index contributed by atoms with van der Waals surface area (Å²) in [6, 6.07) is 4.91. The van der Waals surface area contributed by atoms with E-state index in [1.807, 2.05) is 6.92 Å². The predicted octanol–water partition coefficient (Wildman–Crippen LogP) is 3.96. The van der Waals surface area contributed by atoms with Crippen molar-refractivity contribution >= 4 is 44.6 Å². The van der Waals surface area contributed by atoms with E-state index in [9.17, 15) is 13.2 Å². The topological polar surface area (TPSA) is 108 Å². The lowest BCUT2D eigenvalue weighted by Crippen LogP contribution is -2.16. The molecule has 1 aromatic carbocycles. The molecule has 4 rings (SSSR count). The van der Waals surface area contributed by atoms with Gasteiger partial charge in [-0.25, -0.2) is 13.1 Å². The van der Waals surface area contributed by atoms with Gasteiger partial charge in [0.15, 0.2) is 17.3 Å². The Kier molecular flexibility index (Phi) is 5.01. The molecule has 0 spiro atoms. The Labute approximate surface area is 175 Å². The largest absolute Gasteiger partial charge is 0.454 e. The maximum absolute atomic E-state index is 12.9. The van der Waals surface area contributed by atoms with E-state index in [0.717, 1.165) is 22.5 Å². The molecular formula is C18H15ClN2O6S2. The number of aromatic nitrogens is 1. The predicted molar refractivity (Wildman–Crippen MR) is 107 cm³/mol. The summed E-state index contributed by atoms with van der Waals surface area (Å²) in [5.74, 6) is 0.665. The molecule has 0 unspecified atom stereocenters. The van der Waals surface area contributed by atoms with Crippen molar-refractivity contribution in [3.05, 3.63) is 50.3 Å². The Morgan fingerprint density at radius 2 is 2.00 bits per heavy atom. The molecule has 0 atom stereocenters. The third kappa shape index (κ3) is 3.70. The fourth-order valence-electron chi connectivity index (χ4n) is 2.84. The number of carbonyl (C=O) groups is 1. The van der Waals surface area contributed by atoms with Crippen molar-refractivity contribution in [2.24, 2.45) is 0 Å². The number of carbonyl (C=O) groups excluding carboxylic acids is 1. The van der Waals surface area contributed by atoms with Gasteiger partial charge in [0.2, 0.25) is 6.79 Å². The van der Waals surface area contributed by atoms with Crippen LogP contribution in [0.25, 0.3) is 0 Å². The van der Waals surface area contributed by atoms with Gasteiger partial charge < -0.3 is 14.0 Å². The lowest BCUT2D eigenvalue weighted by molar-refractivity contribution is 0.0994. The molecule has 0 bridgehead atoms. The van der Waals surface area contributed by atoms with Crippen LogP contribution in [-0.2, 0) is 16.4 Å². The number of benzene rings is 1. The second kappa shape index (κ2) is 7.36. The molecular weight excluding hydrogens is 446 g/mol. The highest BCUT2D eigenvalue weighted by atomic mass is 35.5. The zero-order chi connectivity index (χ0) is 20.8. The van der Waals surface area contributed by atoms with Crippen LogP contribution in [0.2, 0.25) is 5.02 Å². The number of hydrogen-bond acceptors (Lipinski definition) is 8. The number of aryl methyl sites for hydroxylation is 2. The molecule has 1 aliphatic rings. The minimum atomic E-state index is -4.09. The summed E-state index contributed by atoms with van der Waals surface area (Å²) in [7, 11) is -4.09. The summed E-state index contributed by atoms with van der Waals surface area (Å²) in [5.41, 5.74) is 1.94. The van der Waals surface area contributed by atoms with Gasteiger partial charge in [-0.3, -0.25) is 4.79 Å². The zero-order valence-electron chi connectivity index (χ0n) is 15.3. The molecule has 0 amide bonds. The second-order valence-corrected chi connectivity index (χ2v) is 9.31. The Balaban J connectivity index is 1.60. The van der Waals surface area contributed by atoms with Crippen LogP contribution >= 0.6 is 22.9 Å². The zero-order valence-corrected chi connectivity index (χ0v) is 17.7. The fraction of sp³-hybridized carbons (Fsp3) is 0.222. The molecule has 152 valence electrons. The molecule has 0 radical (unpaired) electrons. The van der Waals surface area contributed by atoms with Crippen LogP contribution in [0.1, 0.15) is 26.5 Å². The van der Waals surface area contributed by atoms with Crippen molar-refractivity contribution in [3.63, 3.8) is 0 Å². The lowest BCUT2D eigenvalue weighted by Gasteiger charge is -2.09. The van der Waals surface area contributed by atoms with Crippen molar-refractivity contribution in [1.29, 1.82) is 0 Å². The number of fused-ring (bicyclic) bond motifs is 1. The van der Waals surface area contributed by atoms with E-state index in [1.165, 1.54) is 6.07 Å². The van der Waals surface area contributed by atoms with Crippen LogP contribution in [0.15, 0.2) is 33.0 Å². The van der Waals surface area contributed by atoms with Crippen molar-refractivity contribution in [2.75, 3.05) is 11.5 Å². The number of ether oxygens (including phenoxy) is 2. The van der Waals surface area contributed by atoms with Gasteiger partial charge in [-0.05, 0) is 48.6 Å². The molecule has 8 nitrogen and oxygen atoms in total. The van der Waals surface area contributed by atoms with Crippen LogP contribution in [0.5, 0.6) is 11.5 Å². The molecule has 0 fully saturated rings. The Bertz CT molecular complexity index is 1220. The maximum Gasteiger partial charge on any atom is 0.265 e. The molecule has 3 heterocycles. The van der Waals surface area contributed by atoms with Gasteiger partial charge >= 0.3 is 0 Å². The average Bonchev–Trinajstić information content (AvgIpc) is 3.39. The minimum Gasteiger partial charge on any atom is -0.454 e. The maximum atomic E-state index is 12.9. The standard InChI is InChI=1S/C18H15ClN2O6S2/c1-9-5-13-14(26-8-25-13)7-11(9)6-12(22)17-15(3-4-28-17)29(23,24)21-18-16(19)10(2)20-27-18/h3-5,7,21H,6,8H2,1-2H3/i5+1,7+1,9+1,11+1,13+1,14+1. The third-order valence-electron chi connectivity index (χ3n) is 4.37. The molecule has 1 aliphatic heterocycles. The molecule has 0 aliphatic carbocycles. The SMILES string of the molecule is Cc1noc(NS(=O)(=O)c2ccsc2C(=O)C[13c]2[13cH][13c]3[13c]([13cH][13c]2C)OCO3)c1Cl. The fourth-order valence-corrected chi connectivity index (χ4v) is 5.40. The summed E-state index contributed by atoms with van der Waals surface area (Å²) < 4.78 is 43.4. The molecule has 11 heteroatoms. The number of ketones is 1. The quantitative estimate of drug-likeness (QED) is 0.554. The number of nitrogens with one attached hydrogen (secondary N) is 1. The van der Waals surface area contributed by atoms with E-state index in [4.69, 9.17) is 25.6 Å². The van der Waals surface area contributed by atoms with E-state index < -0.39 is 10.0 Å². The molecule has 29 heavy (non-hydrogen) atoms. The van der Waals surface area contributed by atoms with E-state index in [1.54, 1.807) is 24.4 Å². The third-order valence-corrected chi connectivity index (χ3v) is 7.28. The Morgan fingerprint density at radius 3 is 2.69 bits per heavy atom. The van der Waals surface area contributed by atoms with E-state index >= 15 is 0 Å². The van der Waals surface area contributed by atoms with Crippen molar-refractivity contribution < 1.29 is 27.2 Å². The monoisotopic (exact) mass is 460 g/mol. The van der Waals surface area contributed by atoms with Crippen molar-refractivity contribution in [3.8, 4) is 11.5 Å². The number of hydrogen-bond donors (Lipinski definition) is 1. The Hall–Kier alpha value is -2.56. The van der Waals surface area contributed by atoms with Crippen molar-refractivity contribution in [2.45, 2.75) is 25.2 Å². The number of anilines is 1. The Morgan fingerprint density at radius 1 is 1.28 bits per heavy atom. The summed E-state index contributed by atoms with van der Waals surface area (Å²) in [6.07, 6.45) is 0.0215. The highest BCUT2D eigenvalue weighted by Gasteiger charge is 2.27. The molecule has 1 N–H and O–H groups in total. The molecule has 2 aromatic heterocycles. The summed E-state index contributed by atoms with van der Waals surface area (Å²) in [4.78, 5) is 12.9. The number of sulfonamides is 1. The lowest BCUT2D eigenvalue weighted by atomic mass is 10.3. The van der Waals surface area contributed by atoms with Crippen LogP contribution in [0.3, 0.4) is 0 Å². The van der Waals surface area contributed by atoms with E-state index in [0.29, 0.717) is 17.2 Å². The van der Waals surface area contributed by atoms with Gasteiger partial charge in [0.25, 0.3) is 15.9 Å². The number of Topliss-reactive ketones (excluding diaryl/α,β-unsaturated/α-hetero) is 1. The van der Waals surface area contributed by atoms with Crippen molar-refractivity contribution in [1.82, 2.24) is 5.16 Å². The van der Waals surface area contributed by atoms with E-state index in [-0.39, 0.29) is 39.7 Å². The highest BCUT2D eigenvalue weighted by Crippen LogP contribution is 2.36. The first-order chi connectivity index (χ1) is 13.8. The van der Waals surface area contributed by atoms with Crippen LogP contribution in [-0.4, -0.2) is 26.2 Å². The first-order valence-electron chi connectivity index (χ1n) is 8.40. The van der Waals surface area contributed by atoms with Gasteiger partial charge in [0.05, 0.1) is 4.88 Å². The normalized spacial score (nSPS) is 12.9. The number of nitrogens with zero attached hydrogens (tertiary/aromatic N) is 1. The van der Waals surface area contributed by atoms with Gasteiger partial charge in [0, 0.05) is 6.42 Å². The smallest absolute Gasteiger partial charge is 0.265 e.